The number of carbonyl (C=O) groups excluding carboxylic acids is 1. The van der Waals surface area contributed by atoms with Crippen molar-refractivity contribution in [1.29, 1.82) is 0 Å². The van der Waals surface area contributed by atoms with Crippen LogP contribution in [0.3, 0.4) is 0 Å². The van der Waals surface area contributed by atoms with Crippen LogP contribution in [-0.2, 0) is 0 Å². The minimum Gasteiger partial charge on any atom is -0.392 e. The maximum atomic E-state index is 13.2. The van der Waals surface area contributed by atoms with Gasteiger partial charge in [-0.05, 0) is 18.6 Å². The number of rotatable bonds is 5. The number of benzene rings is 1. The summed E-state index contributed by atoms with van der Waals surface area (Å²) in [5.74, 6) is -1.11. The molecule has 3 N–H and O–H groups in total. The van der Waals surface area contributed by atoms with Crippen molar-refractivity contribution in [2.75, 3.05) is 0 Å². The molecule has 0 aromatic heterocycles. The van der Waals surface area contributed by atoms with Crippen LogP contribution < -0.4 is 11.1 Å². The zero-order valence-electron chi connectivity index (χ0n) is 9.87. The Morgan fingerprint density at radius 1 is 1.61 bits per heavy atom. The largest absolute Gasteiger partial charge is 0.392 e. The molecule has 6 heteroatoms. The van der Waals surface area contributed by atoms with Crippen LogP contribution in [0.4, 0.5) is 4.39 Å². The second-order valence-electron chi connectivity index (χ2n) is 3.82. The summed E-state index contributed by atoms with van der Waals surface area (Å²) < 4.78 is 13.2. The predicted molar refractivity (Wildman–Crippen MR) is 74.4 cm³/mol. The summed E-state index contributed by atoms with van der Waals surface area (Å²) in [5, 5.41) is 2.44. The van der Waals surface area contributed by atoms with Gasteiger partial charge in [0.2, 0.25) is 0 Å². The van der Waals surface area contributed by atoms with Crippen molar-refractivity contribution in [2.24, 2.45) is 5.73 Å². The van der Waals surface area contributed by atoms with Crippen LogP contribution in [-0.4, -0.2) is 16.9 Å². The fraction of sp³-hybridized carbons (Fsp3) is 0.333. The fourth-order valence-corrected chi connectivity index (χ4v) is 1.88. The van der Waals surface area contributed by atoms with E-state index in [2.05, 4.69) is 5.32 Å². The monoisotopic (exact) mass is 288 g/mol. The van der Waals surface area contributed by atoms with E-state index in [1.807, 2.05) is 6.92 Å². The van der Waals surface area contributed by atoms with E-state index in [1.165, 1.54) is 18.2 Å². The Hall–Kier alpha value is -1.20. The molecule has 0 aliphatic carbocycles. The molecular formula is C12H14ClFN2OS. The molecule has 0 bridgehead atoms. The molecule has 1 atom stereocenters. The third-order valence-corrected chi connectivity index (χ3v) is 3.09. The predicted octanol–water partition coefficient (Wildman–Crippen LogP) is 2.66. The second kappa shape index (κ2) is 6.66. The van der Waals surface area contributed by atoms with Crippen LogP contribution in [0.2, 0.25) is 5.02 Å². The van der Waals surface area contributed by atoms with Gasteiger partial charge in [0.1, 0.15) is 5.82 Å². The summed E-state index contributed by atoms with van der Waals surface area (Å²) in [4.78, 5) is 12.1. The molecule has 1 amide bonds. The summed E-state index contributed by atoms with van der Waals surface area (Å²) in [6, 6.07) is 3.66. The molecule has 0 saturated carbocycles. The molecule has 1 aromatic rings. The Bertz CT molecular complexity index is 467. The molecular weight excluding hydrogens is 275 g/mol. The van der Waals surface area contributed by atoms with Crippen LogP contribution in [0, 0.1) is 5.82 Å². The zero-order valence-corrected chi connectivity index (χ0v) is 11.4. The molecule has 1 rings (SSSR count). The topological polar surface area (TPSA) is 55.1 Å². The Morgan fingerprint density at radius 3 is 2.83 bits per heavy atom. The summed E-state index contributed by atoms with van der Waals surface area (Å²) in [7, 11) is 0. The average Bonchev–Trinajstić information content (AvgIpc) is 2.31. The number of thiocarbonyl (C=S) groups is 1. The van der Waals surface area contributed by atoms with E-state index in [9.17, 15) is 9.18 Å². The standard InChI is InChI=1S/C12H14ClFN2OS/c1-2-4-9(11(15)18)16-12(17)7-5-3-6-8(14)10(7)13/h3,5-6,9H,2,4H2,1H3,(H2,15,18)(H,16,17). The van der Waals surface area contributed by atoms with Gasteiger partial charge in [-0.25, -0.2) is 4.39 Å². The molecule has 0 fully saturated rings. The van der Waals surface area contributed by atoms with Crippen molar-refractivity contribution in [3.05, 3.63) is 34.6 Å². The van der Waals surface area contributed by atoms with Crippen molar-refractivity contribution < 1.29 is 9.18 Å². The molecule has 0 heterocycles. The third kappa shape index (κ3) is 3.65. The van der Waals surface area contributed by atoms with Gasteiger partial charge in [-0.15, -0.1) is 0 Å². The van der Waals surface area contributed by atoms with Gasteiger partial charge in [-0.1, -0.05) is 43.2 Å². The van der Waals surface area contributed by atoms with Gasteiger partial charge < -0.3 is 11.1 Å². The lowest BCUT2D eigenvalue weighted by atomic mass is 10.1. The number of carbonyl (C=O) groups is 1. The van der Waals surface area contributed by atoms with Gasteiger partial charge in [0, 0.05) is 0 Å². The minimum atomic E-state index is -0.633. The van der Waals surface area contributed by atoms with Gasteiger partial charge in [0.25, 0.3) is 5.91 Å². The Morgan fingerprint density at radius 2 is 2.28 bits per heavy atom. The number of halogens is 2. The lowest BCUT2D eigenvalue weighted by Gasteiger charge is -2.17. The first kappa shape index (κ1) is 14.9. The van der Waals surface area contributed by atoms with E-state index in [1.54, 1.807) is 0 Å². The van der Waals surface area contributed by atoms with Crippen molar-refractivity contribution in [1.82, 2.24) is 5.32 Å². The maximum absolute atomic E-state index is 13.2. The number of hydrogen-bond donors (Lipinski definition) is 2. The molecule has 1 aromatic carbocycles. The Balaban J connectivity index is 2.87. The van der Waals surface area contributed by atoms with E-state index >= 15 is 0 Å². The Labute approximate surface area is 115 Å². The van der Waals surface area contributed by atoms with Crippen molar-refractivity contribution in [2.45, 2.75) is 25.8 Å². The zero-order chi connectivity index (χ0) is 13.7. The molecule has 1 unspecified atom stereocenters. The lowest BCUT2D eigenvalue weighted by molar-refractivity contribution is 0.0945. The van der Waals surface area contributed by atoms with Gasteiger partial charge in [-0.3, -0.25) is 4.79 Å². The van der Waals surface area contributed by atoms with E-state index < -0.39 is 17.8 Å². The number of amides is 1. The summed E-state index contributed by atoms with van der Waals surface area (Å²) in [6.07, 6.45) is 1.45. The van der Waals surface area contributed by atoms with Crippen LogP contribution in [0.25, 0.3) is 0 Å². The number of nitrogens with two attached hydrogens (primary N) is 1. The smallest absolute Gasteiger partial charge is 0.253 e. The van der Waals surface area contributed by atoms with Crippen LogP contribution >= 0.6 is 23.8 Å². The Kier molecular flexibility index (Phi) is 5.50. The molecule has 18 heavy (non-hydrogen) atoms. The number of hydrogen-bond acceptors (Lipinski definition) is 2. The average molecular weight is 289 g/mol. The molecule has 3 nitrogen and oxygen atoms in total. The van der Waals surface area contributed by atoms with Crippen LogP contribution in [0.1, 0.15) is 30.1 Å². The van der Waals surface area contributed by atoms with E-state index in [-0.39, 0.29) is 15.6 Å². The summed E-state index contributed by atoms with van der Waals surface area (Å²) in [5.41, 5.74) is 5.60. The minimum absolute atomic E-state index is 0.0778. The first-order valence-corrected chi connectivity index (χ1v) is 6.30. The molecule has 0 saturated heterocycles. The highest BCUT2D eigenvalue weighted by atomic mass is 35.5. The molecule has 0 aliphatic heterocycles. The van der Waals surface area contributed by atoms with Crippen LogP contribution in [0.15, 0.2) is 18.2 Å². The molecule has 0 spiro atoms. The second-order valence-corrected chi connectivity index (χ2v) is 4.67. The first-order chi connectivity index (χ1) is 8.47. The number of nitrogens with one attached hydrogen (secondary N) is 1. The van der Waals surface area contributed by atoms with E-state index in [0.717, 1.165) is 6.42 Å². The highest BCUT2D eigenvalue weighted by Crippen LogP contribution is 2.19. The first-order valence-electron chi connectivity index (χ1n) is 5.51. The highest BCUT2D eigenvalue weighted by molar-refractivity contribution is 7.80. The molecule has 0 radical (unpaired) electrons. The lowest BCUT2D eigenvalue weighted by Crippen LogP contribution is -2.43. The SMILES string of the molecule is CCCC(NC(=O)c1cccc(F)c1Cl)C(N)=S. The van der Waals surface area contributed by atoms with Crippen LogP contribution in [0.5, 0.6) is 0 Å². The third-order valence-electron chi connectivity index (χ3n) is 2.42. The normalized spacial score (nSPS) is 11.9. The highest BCUT2D eigenvalue weighted by Gasteiger charge is 2.18. The van der Waals surface area contributed by atoms with Gasteiger partial charge in [0.15, 0.2) is 0 Å². The van der Waals surface area contributed by atoms with Gasteiger partial charge in [0.05, 0.1) is 21.6 Å². The van der Waals surface area contributed by atoms with Gasteiger partial charge in [-0.2, -0.15) is 0 Å². The fourth-order valence-electron chi connectivity index (χ4n) is 1.49. The summed E-state index contributed by atoms with van der Waals surface area (Å²) >= 11 is 10.6. The van der Waals surface area contributed by atoms with E-state index in [4.69, 9.17) is 29.6 Å². The molecule has 98 valence electrons. The quantitative estimate of drug-likeness (QED) is 0.819. The van der Waals surface area contributed by atoms with Crippen molar-refractivity contribution >= 4 is 34.7 Å². The molecule has 0 aliphatic rings. The van der Waals surface area contributed by atoms with E-state index in [0.29, 0.717) is 6.42 Å². The van der Waals surface area contributed by atoms with Crippen molar-refractivity contribution in [3.8, 4) is 0 Å². The van der Waals surface area contributed by atoms with Crippen molar-refractivity contribution in [3.63, 3.8) is 0 Å². The maximum Gasteiger partial charge on any atom is 0.253 e. The summed E-state index contributed by atoms with van der Waals surface area (Å²) in [6.45, 7) is 1.95. The van der Waals surface area contributed by atoms with Gasteiger partial charge >= 0.3 is 0 Å².